The van der Waals surface area contributed by atoms with Crippen molar-refractivity contribution in [3.63, 3.8) is 0 Å². The molecule has 1 aromatic carbocycles. The molecule has 2 aromatic rings. The van der Waals surface area contributed by atoms with Gasteiger partial charge in [-0.05, 0) is 46.9 Å². The number of hydrogen-bond acceptors (Lipinski definition) is 8. The number of rotatable bonds is 10. The van der Waals surface area contributed by atoms with E-state index >= 15 is 0 Å². The Morgan fingerprint density at radius 1 is 1.37 bits per heavy atom. The third kappa shape index (κ3) is 6.41. The molecule has 1 aliphatic carbocycles. The number of aliphatic hydroxyl groups is 2. The molecule has 188 valence electrons. The molecule has 0 saturated heterocycles. The number of hydrogen-bond donors (Lipinski definition) is 3. The van der Waals surface area contributed by atoms with Gasteiger partial charge in [0.2, 0.25) is 11.8 Å². The number of halogens is 1. The van der Waals surface area contributed by atoms with Gasteiger partial charge in [-0.15, -0.1) is 0 Å². The average Bonchev–Trinajstić information content (AvgIpc) is 3.36. The first-order chi connectivity index (χ1) is 16.8. The van der Waals surface area contributed by atoms with Crippen molar-refractivity contribution < 1.29 is 38.5 Å². The van der Waals surface area contributed by atoms with Gasteiger partial charge >= 0.3 is 0 Å². The second kappa shape index (κ2) is 12.2. The Balaban J connectivity index is 1.99. The highest BCUT2D eigenvalue weighted by atomic mass is 127. The van der Waals surface area contributed by atoms with Crippen molar-refractivity contribution in [2.45, 2.75) is 38.1 Å². The predicted molar refractivity (Wildman–Crippen MR) is 133 cm³/mol. The van der Waals surface area contributed by atoms with Crippen molar-refractivity contribution in [3.8, 4) is 11.5 Å². The van der Waals surface area contributed by atoms with Crippen LogP contribution in [0.4, 0.5) is 0 Å². The summed E-state index contributed by atoms with van der Waals surface area (Å²) in [6, 6.07) is 4.05. The summed E-state index contributed by atoms with van der Waals surface area (Å²) in [6.45, 7) is 1.38. The van der Waals surface area contributed by atoms with E-state index in [4.69, 9.17) is 19.0 Å². The smallest absolute Gasteiger partial charge is 0.247 e. The molecule has 35 heavy (non-hydrogen) atoms. The van der Waals surface area contributed by atoms with Crippen LogP contribution in [-0.4, -0.2) is 71.7 Å². The Morgan fingerprint density at radius 3 is 2.74 bits per heavy atom. The van der Waals surface area contributed by atoms with E-state index in [1.54, 1.807) is 12.1 Å². The van der Waals surface area contributed by atoms with Gasteiger partial charge in [-0.25, -0.2) is 0 Å². The molecular formula is C24H27IN2O8. The van der Waals surface area contributed by atoms with E-state index in [1.165, 1.54) is 43.6 Å². The first-order valence-electron chi connectivity index (χ1n) is 10.8. The van der Waals surface area contributed by atoms with Crippen LogP contribution in [-0.2, 0) is 16.1 Å². The minimum absolute atomic E-state index is 0.0548. The number of amides is 2. The summed E-state index contributed by atoms with van der Waals surface area (Å²) in [5, 5.41) is 23.0. The van der Waals surface area contributed by atoms with Gasteiger partial charge < -0.3 is 34.3 Å². The minimum Gasteiger partial charge on any atom is -0.493 e. The summed E-state index contributed by atoms with van der Waals surface area (Å²) in [7, 11) is 1.43. The Morgan fingerprint density at radius 2 is 2.14 bits per heavy atom. The van der Waals surface area contributed by atoms with Gasteiger partial charge in [0.05, 0.1) is 35.9 Å². The molecule has 11 heteroatoms. The Hall–Kier alpha value is -2.90. The summed E-state index contributed by atoms with van der Waals surface area (Å²) in [5.74, 6) is -0.156. The SMILES string of the molecule is COc1cc(C=O)cc(I)c1O[C@H]1C=C(C(=O)NCCO)C[C@@H](N(Cc2ccoc2)C(C)=O)[C@@H]1O. The summed E-state index contributed by atoms with van der Waals surface area (Å²) in [6.07, 6.45) is 3.06. The van der Waals surface area contributed by atoms with Crippen molar-refractivity contribution in [1.29, 1.82) is 0 Å². The van der Waals surface area contributed by atoms with Crippen LogP contribution in [0, 0.1) is 3.57 Å². The van der Waals surface area contributed by atoms with Crippen LogP contribution in [0.5, 0.6) is 11.5 Å². The lowest BCUT2D eigenvalue weighted by Crippen LogP contribution is -2.54. The molecule has 3 atom stereocenters. The molecule has 0 aliphatic heterocycles. The highest BCUT2D eigenvalue weighted by Crippen LogP contribution is 2.37. The molecule has 0 fully saturated rings. The maximum Gasteiger partial charge on any atom is 0.247 e. The van der Waals surface area contributed by atoms with Crippen LogP contribution < -0.4 is 14.8 Å². The molecule has 0 saturated carbocycles. The zero-order valence-electron chi connectivity index (χ0n) is 19.3. The van der Waals surface area contributed by atoms with E-state index in [0.717, 1.165) is 5.56 Å². The topological polar surface area (TPSA) is 139 Å². The number of furan rings is 1. The summed E-state index contributed by atoms with van der Waals surface area (Å²) in [4.78, 5) is 38.1. The lowest BCUT2D eigenvalue weighted by atomic mass is 9.88. The fourth-order valence-electron chi connectivity index (χ4n) is 3.88. The molecule has 10 nitrogen and oxygen atoms in total. The first kappa shape index (κ1) is 26.7. The molecular weight excluding hydrogens is 571 g/mol. The van der Waals surface area contributed by atoms with E-state index in [1.807, 2.05) is 22.6 Å². The normalized spacial score (nSPS) is 19.5. The van der Waals surface area contributed by atoms with E-state index < -0.39 is 24.2 Å². The van der Waals surface area contributed by atoms with Crippen LogP contribution in [0.2, 0.25) is 0 Å². The van der Waals surface area contributed by atoms with Gasteiger partial charge in [-0.2, -0.15) is 0 Å². The number of carbonyl (C=O) groups excluding carboxylic acids is 3. The fraction of sp³-hybridized carbons (Fsp3) is 0.375. The van der Waals surface area contributed by atoms with E-state index in [2.05, 4.69) is 5.32 Å². The van der Waals surface area contributed by atoms with Crippen LogP contribution in [0.3, 0.4) is 0 Å². The average molecular weight is 598 g/mol. The number of methoxy groups -OCH3 is 1. The zero-order valence-corrected chi connectivity index (χ0v) is 21.4. The lowest BCUT2D eigenvalue weighted by molar-refractivity contribution is -0.137. The molecule has 3 rings (SSSR count). The third-order valence-corrected chi connectivity index (χ3v) is 6.40. The molecule has 2 amide bonds. The first-order valence-corrected chi connectivity index (χ1v) is 11.9. The van der Waals surface area contributed by atoms with Gasteiger partial charge in [-0.3, -0.25) is 14.4 Å². The predicted octanol–water partition coefficient (Wildman–Crippen LogP) is 1.67. The Bertz CT molecular complexity index is 1090. The van der Waals surface area contributed by atoms with Crippen LogP contribution in [0.1, 0.15) is 29.3 Å². The van der Waals surface area contributed by atoms with E-state index in [0.29, 0.717) is 26.7 Å². The number of nitrogens with one attached hydrogen (secondary N) is 1. The lowest BCUT2D eigenvalue weighted by Gasteiger charge is -2.40. The molecule has 0 bridgehead atoms. The second-order valence-corrected chi connectivity index (χ2v) is 9.11. The van der Waals surface area contributed by atoms with Crippen molar-refractivity contribution in [3.05, 3.63) is 57.1 Å². The van der Waals surface area contributed by atoms with Gasteiger partial charge in [0.15, 0.2) is 11.5 Å². The van der Waals surface area contributed by atoms with Crippen molar-refractivity contribution in [2.24, 2.45) is 0 Å². The number of nitrogens with zero attached hydrogens (tertiary/aromatic N) is 1. The van der Waals surface area contributed by atoms with Crippen LogP contribution >= 0.6 is 22.6 Å². The molecule has 1 heterocycles. The quantitative estimate of drug-likeness (QED) is 0.278. The monoisotopic (exact) mass is 598 g/mol. The molecule has 1 aliphatic rings. The van der Waals surface area contributed by atoms with Crippen molar-refractivity contribution in [1.82, 2.24) is 10.2 Å². The van der Waals surface area contributed by atoms with Gasteiger partial charge in [-0.1, -0.05) is 0 Å². The van der Waals surface area contributed by atoms with Crippen LogP contribution in [0.25, 0.3) is 0 Å². The maximum absolute atomic E-state index is 12.8. The number of aldehydes is 1. The number of ether oxygens (including phenoxy) is 2. The number of carbonyl (C=O) groups is 3. The van der Waals surface area contributed by atoms with Crippen molar-refractivity contribution in [2.75, 3.05) is 20.3 Å². The molecule has 3 N–H and O–H groups in total. The van der Waals surface area contributed by atoms with Gasteiger partial charge in [0.1, 0.15) is 18.5 Å². The van der Waals surface area contributed by atoms with Crippen molar-refractivity contribution >= 4 is 40.7 Å². The van der Waals surface area contributed by atoms with Crippen LogP contribution in [0.15, 0.2) is 46.8 Å². The maximum atomic E-state index is 12.8. The summed E-state index contributed by atoms with van der Waals surface area (Å²) >= 11 is 1.99. The fourth-order valence-corrected chi connectivity index (χ4v) is 4.63. The Labute approximate surface area is 216 Å². The molecule has 0 unspecified atom stereocenters. The summed E-state index contributed by atoms with van der Waals surface area (Å²) < 4.78 is 17.2. The number of benzene rings is 1. The molecule has 1 aromatic heterocycles. The van der Waals surface area contributed by atoms with Gasteiger partial charge in [0, 0.05) is 43.1 Å². The van der Waals surface area contributed by atoms with E-state index in [9.17, 15) is 19.5 Å². The Kier molecular flexibility index (Phi) is 9.29. The minimum atomic E-state index is -1.19. The highest BCUT2D eigenvalue weighted by molar-refractivity contribution is 14.1. The molecule has 0 radical (unpaired) electrons. The standard InChI is InChI=1S/C24H27IN2O8/c1-14(30)27(11-15-3-6-34-13-15)19-9-17(24(32)26-4-5-28)10-20(22(19)31)35-23-18(25)7-16(12-29)8-21(23)33-2/h3,6-8,10,12-13,19-20,22,28,31H,4-5,9,11H2,1-2H3,(H,26,32)/t19-,20+,22+/m1/s1. The summed E-state index contributed by atoms with van der Waals surface area (Å²) in [5.41, 5.74) is 1.42. The zero-order chi connectivity index (χ0) is 25.5. The van der Waals surface area contributed by atoms with E-state index in [-0.39, 0.29) is 37.8 Å². The number of aliphatic hydroxyl groups excluding tert-OH is 2. The largest absolute Gasteiger partial charge is 0.493 e. The second-order valence-electron chi connectivity index (χ2n) is 7.95. The highest BCUT2D eigenvalue weighted by Gasteiger charge is 2.40. The molecule has 0 spiro atoms. The third-order valence-electron chi connectivity index (χ3n) is 5.59. The van der Waals surface area contributed by atoms with Gasteiger partial charge in [0.25, 0.3) is 0 Å².